The zero-order chi connectivity index (χ0) is 14.5. The maximum Gasteiger partial charge on any atom is 0.191 e. The summed E-state index contributed by atoms with van der Waals surface area (Å²) in [4.78, 5) is 6.78. The van der Waals surface area contributed by atoms with Gasteiger partial charge in [0.15, 0.2) is 5.96 Å². The largest absolute Gasteiger partial charge is 0.369 e. The van der Waals surface area contributed by atoms with Crippen LogP contribution in [0.15, 0.2) is 35.3 Å². The number of aliphatic imine (C=N–C) groups is 1. The van der Waals surface area contributed by atoms with E-state index >= 15 is 0 Å². The number of nitrogens with zero attached hydrogens (tertiary/aromatic N) is 2. The van der Waals surface area contributed by atoms with E-state index < -0.39 is 0 Å². The van der Waals surface area contributed by atoms with Crippen molar-refractivity contribution >= 4 is 11.6 Å². The molecule has 114 valence electrons. The van der Waals surface area contributed by atoms with E-state index in [1.165, 1.54) is 24.9 Å². The van der Waals surface area contributed by atoms with Crippen LogP contribution in [-0.4, -0.2) is 38.7 Å². The minimum atomic E-state index is 0.484. The molecule has 2 fully saturated rings. The third-order valence-electron chi connectivity index (χ3n) is 4.42. The molecule has 1 unspecified atom stereocenters. The molecule has 1 saturated heterocycles. The molecule has 0 radical (unpaired) electrons. The summed E-state index contributed by atoms with van der Waals surface area (Å²) in [5, 5.41) is 7.00. The van der Waals surface area contributed by atoms with Gasteiger partial charge in [-0.15, -0.1) is 0 Å². The third-order valence-corrected chi connectivity index (χ3v) is 4.42. The van der Waals surface area contributed by atoms with Crippen molar-refractivity contribution in [2.45, 2.75) is 31.7 Å². The Bertz CT molecular complexity index is 467. The van der Waals surface area contributed by atoms with E-state index in [1.807, 2.05) is 7.05 Å². The Morgan fingerprint density at radius 1 is 1.24 bits per heavy atom. The van der Waals surface area contributed by atoms with E-state index in [4.69, 9.17) is 0 Å². The van der Waals surface area contributed by atoms with Gasteiger partial charge in [-0.25, -0.2) is 0 Å². The Balaban J connectivity index is 1.44. The number of hydrogen-bond acceptors (Lipinski definition) is 2. The SMILES string of the molecule is CN=C(NCCC1CC1)NC1CCN(c2ccccc2)C1. The van der Waals surface area contributed by atoms with Crippen LogP contribution >= 0.6 is 0 Å². The second kappa shape index (κ2) is 6.83. The number of rotatable bonds is 5. The Labute approximate surface area is 127 Å². The van der Waals surface area contributed by atoms with Crippen molar-refractivity contribution < 1.29 is 0 Å². The summed E-state index contributed by atoms with van der Waals surface area (Å²) in [6, 6.07) is 11.1. The third kappa shape index (κ3) is 4.13. The lowest BCUT2D eigenvalue weighted by molar-refractivity contribution is 0.632. The van der Waals surface area contributed by atoms with Gasteiger partial charge >= 0.3 is 0 Å². The molecular formula is C17H26N4. The first-order valence-corrected chi connectivity index (χ1v) is 8.12. The lowest BCUT2D eigenvalue weighted by Gasteiger charge is -2.20. The molecule has 1 atom stereocenters. The molecular weight excluding hydrogens is 260 g/mol. The van der Waals surface area contributed by atoms with Crippen molar-refractivity contribution in [1.82, 2.24) is 10.6 Å². The van der Waals surface area contributed by atoms with Crippen LogP contribution in [0.4, 0.5) is 5.69 Å². The first-order chi connectivity index (χ1) is 10.3. The monoisotopic (exact) mass is 286 g/mol. The summed E-state index contributed by atoms with van der Waals surface area (Å²) < 4.78 is 0. The van der Waals surface area contributed by atoms with Gasteiger partial charge in [-0.3, -0.25) is 4.99 Å². The highest BCUT2D eigenvalue weighted by Gasteiger charge is 2.24. The highest BCUT2D eigenvalue weighted by molar-refractivity contribution is 5.80. The molecule has 1 heterocycles. The molecule has 2 N–H and O–H groups in total. The highest BCUT2D eigenvalue weighted by atomic mass is 15.2. The molecule has 0 aromatic heterocycles. The van der Waals surface area contributed by atoms with E-state index in [1.54, 1.807) is 0 Å². The topological polar surface area (TPSA) is 39.7 Å². The van der Waals surface area contributed by atoms with Crippen LogP contribution in [0, 0.1) is 5.92 Å². The van der Waals surface area contributed by atoms with Crippen molar-refractivity contribution in [3.63, 3.8) is 0 Å². The van der Waals surface area contributed by atoms with Gasteiger partial charge in [0.25, 0.3) is 0 Å². The summed E-state index contributed by atoms with van der Waals surface area (Å²) >= 11 is 0. The Hall–Kier alpha value is -1.71. The quantitative estimate of drug-likeness (QED) is 0.644. The Morgan fingerprint density at radius 3 is 2.76 bits per heavy atom. The average molecular weight is 286 g/mol. The fourth-order valence-electron chi connectivity index (χ4n) is 2.94. The van der Waals surface area contributed by atoms with Gasteiger partial charge in [0.1, 0.15) is 0 Å². The fraction of sp³-hybridized carbons (Fsp3) is 0.588. The predicted octanol–water partition coefficient (Wildman–Crippen LogP) is 2.23. The summed E-state index contributed by atoms with van der Waals surface area (Å²) in [5.41, 5.74) is 1.32. The normalized spacial score (nSPS) is 22.4. The lowest BCUT2D eigenvalue weighted by Crippen LogP contribution is -2.44. The summed E-state index contributed by atoms with van der Waals surface area (Å²) in [6.07, 6.45) is 5.28. The van der Waals surface area contributed by atoms with Crippen LogP contribution in [0.5, 0.6) is 0 Å². The van der Waals surface area contributed by atoms with Gasteiger partial charge in [-0.1, -0.05) is 31.0 Å². The maximum atomic E-state index is 4.34. The zero-order valence-corrected chi connectivity index (χ0v) is 12.9. The van der Waals surface area contributed by atoms with Crippen LogP contribution in [0.2, 0.25) is 0 Å². The molecule has 0 spiro atoms. The van der Waals surface area contributed by atoms with Crippen molar-refractivity contribution in [3.05, 3.63) is 30.3 Å². The molecule has 2 aliphatic rings. The standard InChI is InChI=1S/C17H26N4/c1-18-17(19-11-9-14-7-8-14)20-15-10-12-21(13-15)16-5-3-2-4-6-16/h2-6,14-15H,7-13H2,1H3,(H2,18,19,20). The zero-order valence-electron chi connectivity index (χ0n) is 12.9. The van der Waals surface area contributed by atoms with Crippen LogP contribution in [0.1, 0.15) is 25.7 Å². The predicted molar refractivity (Wildman–Crippen MR) is 88.9 cm³/mol. The first-order valence-electron chi connectivity index (χ1n) is 8.12. The van der Waals surface area contributed by atoms with E-state index in [0.29, 0.717) is 6.04 Å². The van der Waals surface area contributed by atoms with Gasteiger partial charge in [0.2, 0.25) is 0 Å². The van der Waals surface area contributed by atoms with Crippen LogP contribution < -0.4 is 15.5 Å². The van der Waals surface area contributed by atoms with Gasteiger partial charge in [-0.05, 0) is 30.9 Å². The highest BCUT2D eigenvalue weighted by Crippen LogP contribution is 2.31. The number of anilines is 1. The molecule has 4 nitrogen and oxygen atoms in total. The fourth-order valence-corrected chi connectivity index (χ4v) is 2.94. The minimum absolute atomic E-state index is 0.484. The summed E-state index contributed by atoms with van der Waals surface area (Å²) in [7, 11) is 1.86. The summed E-state index contributed by atoms with van der Waals surface area (Å²) in [5.74, 6) is 1.92. The van der Waals surface area contributed by atoms with Gasteiger partial charge in [0.05, 0.1) is 0 Å². The van der Waals surface area contributed by atoms with Gasteiger partial charge in [0, 0.05) is 38.4 Å². The van der Waals surface area contributed by atoms with Gasteiger partial charge < -0.3 is 15.5 Å². The van der Waals surface area contributed by atoms with E-state index in [9.17, 15) is 0 Å². The molecule has 0 bridgehead atoms. The molecule has 1 aromatic carbocycles. The molecule has 0 amide bonds. The molecule has 4 heteroatoms. The Morgan fingerprint density at radius 2 is 2.05 bits per heavy atom. The molecule has 1 aliphatic carbocycles. The van der Waals surface area contributed by atoms with Crippen molar-refractivity contribution in [3.8, 4) is 0 Å². The lowest BCUT2D eigenvalue weighted by atomic mass is 10.2. The molecule has 1 aliphatic heterocycles. The van der Waals surface area contributed by atoms with Crippen molar-refractivity contribution in [2.75, 3.05) is 31.6 Å². The molecule has 1 aromatic rings. The second-order valence-electron chi connectivity index (χ2n) is 6.14. The Kier molecular flexibility index (Phi) is 4.63. The average Bonchev–Trinajstić information content (AvgIpc) is 3.23. The van der Waals surface area contributed by atoms with E-state index in [0.717, 1.165) is 37.9 Å². The number of para-hydroxylation sites is 1. The molecule has 1 saturated carbocycles. The number of guanidine groups is 1. The summed E-state index contributed by atoms with van der Waals surface area (Å²) in [6.45, 7) is 3.20. The van der Waals surface area contributed by atoms with Crippen LogP contribution in [0.3, 0.4) is 0 Å². The van der Waals surface area contributed by atoms with Gasteiger partial charge in [-0.2, -0.15) is 0 Å². The molecule has 3 rings (SSSR count). The van der Waals surface area contributed by atoms with Crippen molar-refractivity contribution in [1.29, 1.82) is 0 Å². The molecule has 21 heavy (non-hydrogen) atoms. The first kappa shape index (κ1) is 14.2. The minimum Gasteiger partial charge on any atom is -0.369 e. The smallest absolute Gasteiger partial charge is 0.191 e. The van der Waals surface area contributed by atoms with Crippen molar-refractivity contribution in [2.24, 2.45) is 10.9 Å². The second-order valence-corrected chi connectivity index (χ2v) is 6.14. The number of nitrogens with one attached hydrogen (secondary N) is 2. The maximum absolute atomic E-state index is 4.34. The van der Waals surface area contributed by atoms with E-state index in [2.05, 4.69) is 50.9 Å². The number of hydrogen-bond donors (Lipinski definition) is 2. The van der Waals surface area contributed by atoms with E-state index in [-0.39, 0.29) is 0 Å². The van der Waals surface area contributed by atoms with Crippen LogP contribution in [-0.2, 0) is 0 Å². The van der Waals surface area contributed by atoms with Crippen LogP contribution in [0.25, 0.3) is 0 Å². The number of benzene rings is 1.